The Kier molecular flexibility index (Phi) is 11.7. The van der Waals surface area contributed by atoms with Crippen LogP contribution in [0.15, 0.2) is 40.8 Å². The average molecular weight is 580 g/mol. The van der Waals surface area contributed by atoms with Crippen LogP contribution >= 0.6 is 0 Å². The van der Waals surface area contributed by atoms with Crippen LogP contribution in [0.1, 0.15) is 40.5 Å². The van der Waals surface area contributed by atoms with Gasteiger partial charge in [0.1, 0.15) is 0 Å². The van der Waals surface area contributed by atoms with Crippen LogP contribution in [0, 0.1) is 11.8 Å². The van der Waals surface area contributed by atoms with Crippen molar-refractivity contribution in [1.29, 1.82) is 0 Å². The molecule has 13 heteroatoms. The van der Waals surface area contributed by atoms with E-state index in [1.165, 1.54) is 36.3 Å². The van der Waals surface area contributed by atoms with Crippen LogP contribution in [0.25, 0.3) is 0 Å². The van der Waals surface area contributed by atoms with Gasteiger partial charge in [-0.2, -0.15) is 0 Å². The number of anilines is 1. The lowest BCUT2D eigenvalue weighted by atomic mass is 9.94. The summed E-state index contributed by atoms with van der Waals surface area (Å²) >= 11 is 0. The SMILES string of the molecule is COC(C(C)C(=O)NS(=O)(=O)c1ccc(N)cc1)C1CCCN1C(=O)/C(C)=C/C(C(C)C)N(C)C(=O)CNC=O. The Morgan fingerprint density at radius 3 is 2.38 bits per heavy atom. The van der Waals surface area contributed by atoms with Crippen LogP contribution in [-0.2, 0) is 33.9 Å². The number of nitrogens with two attached hydrogens (primary N) is 1. The van der Waals surface area contributed by atoms with E-state index in [9.17, 15) is 27.6 Å². The standard InChI is InChI=1S/C27H41N5O7S/c1-17(2)23(31(5)24(34)15-29-16-33)14-18(3)27(36)32-13-7-8-22(32)25(39-6)19(4)26(35)30-40(37,38)21-11-9-20(28)10-12-21/h9-12,14,16-17,19,22-23,25H,7-8,13,15,28H2,1-6H3,(H,29,33)(H,30,35)/b18-14+. The molecule has 2 rings (SSSR count). The molecule has 12 nitrogen and oxygen atoms in total. The second kappa shape index (κ2) is 14.3. The fourth-order valence-corrected chi connectivity index (χ4v) is 5.95. The summed E-state index contributed by atoms with van der Waals surface area (Å²) in [7, 11) is -1.09. The molecule has 0 radical (unpaired) electrons. The second-order valence-electron chi connectivity index (χ2n) is 10.3. The Hall–Kier alpha value is -3.45. The summed E-state index contributed by atoms with van der Waals surface area (Å²) in [5, 5.41) is 2.36. The van der Waals surface area contributed by atoms with Crippen molar-refractivity contribution in [3.05, 3.63) is 35.9 Å². The number of nitrogen functional groups attached to an aromatic ring is 1. The minimum Gasteiger partial charge on any atom is -0.399 e. The number of carbonyl (C=O) groups is 4. The summed E-state index contributed by atoms with van der Waals surface area (Å²) in [6.07, 6.45) is 2.68. The number of ether oxygens (including phenoxy) is 1. The molecule has 1 aliphatic rings. The molecular weight excluding hydrogens is 538 g/mol. The highest BCUT2D eigenvalue weighted by atomic mass is 32.2. The molecule has 1 fully saturated rings. The van der Waals surface area contributed by atoms with E-state index in [0.29, 0.717) is 37.1 Å². The molecule has 4 N–H and O–H groups in total. The summed E-state index contributed by atoms with van der Waals surface area (Å²) in [6, 6.07) is 4.62. The minimum absolute atomic E-state index is 0.0132. The van der Waals surface area contributed by atoms with Gasteiger partial charge in [-0.25, -0.2) is 13.1 Å². The van der Waals surface area contributed by atoms with Crippen LogP contribution in [-0.4, -0.2) is 87.8 Å². The van der Waals surface area contributed by atoms with Crippen molar-refractivity contribution in [3.8, 4) is 0 Å². The van der Waals surface area contributed by atoms with Crippen molar-refractivity contribution in [1.82, 2.24) is 19.8 Å². The zero-order chi connectivity index (χ0) is 30.2. The number of nitrogens with one attached hydrogen (secondary N) is 2. The predicted molar refractivity (Wildman–Crippen MR) is 150 cm³/mol. The van der Waals surface area contributed by atoms with Gasteiger partial charge in [-0.3, -0.25) is 19.2 Å². The molecule has 1 aromatic carbocycles. The quantitative estimate of drug-likeness (QED) is 0.176. The van der Waals surface area contributed by atoms with Crippen molar-refractivity contribution < 1.29 is 32.3 Å². The molecule has 0 bridgehead atoms. The van der Waals surface area contributed by atoms with E-state index in [1.54, 1.807) is 31.9 Å². The van der Waals surface area contributed by atoms with Crippen molar-refractivity contribution in [2.24, 2.45) is 11.8 Å². The molecule has 0 saturated carbocycles. The summed E-state index contributed by atoms with van der Waals surface area (Å²) in [4.78, 5) is 52.7. The molecular formula is C27H41N5O7S. The molecule has 1 aromatic rings. The van der Waals surface area contributed by atoms with E-state index in [-0.39, 0.29) is 29.2 Å². The van der Waals surface area contributed by atoms with Gasteiger partial charge < -0.3 is 25.6 Å². The molecule has 0 spiro atoms. The highest BCUT2D eigenvalue weighted by Crippen LogP contribution is 2.28. The Balaban J connectivity index is 2.21. The number of hydrogen-bond donors (Lipinski definition) is 3. The number of likely N-dealkylation sites (N-methyl/N-ethyl adjacent to an activating group) is 1. The summed E-state index contributed by atoms with van der Waals surface area (Å²) in [5.74, 6) is -2.22. The van der Waals surface area contributed by atoms with Crippen molar-refractivity contribution in [2.75, 3.05) is 33.0 Å². The first-order valence-corrected chi connectivity index (χ1v) is 14.6. The maximum Gasteiger partial charge on any atom is 0.264 e. The molecule has 40 heavy (non-hydrogen) atoms. The molecule has 0 aliphatic carbocycles. The largest absolute Gasteiger partial charge is 0.399 e. The Morgan fingerprint density at radius 2 is 1.82 bits per heavy atom. The number of carbonyl (C=O) groups excluding carboxylic acids is 4. The Bertz CT molecular complexity index is 1200. The lowest BCUT2D eigenvalue weighted by Gasteiger charge is -2.34. The lowest BCUT2D eigenvalue weighted by Crippen LogP contribution is -2.50. The van der Waals surface area contributed by atoms with E-state index in [4.69, 9.17) is 10.5 Å². The van der Waals surface area contributed by atoms with Gasteiger partial charge in [-0.05, 0) is 49.9 Å². The number of amides is 4. The molecule has 4 atom stereocenters. The summed E-state index contributed by atoms with van der Waals surface area (Å²) in [5.41, 5.74) is 6.44. The van der Waals surface area contributed by atoms with Gasteiger partial charge in [0.05, 0.1) is 35.5 Å². The van der Waals surface area contributed by atoms with Gasteiger partial charge >= 0.3 is 0 Å². The highest BCUT2D eigenvalue weighted by Gasteiger charge is 2.41. The van der Waals surface area contributed by atoms with Crippen LogP contribution in [0.5, 0.6) is 0 Å². The summed E-state index contributed by atoms with van der Waals surface area (Å²) in [6.45, 7) is 7.38. The van der Waals surface area contributed by atoms with Crippen LogP contribution < -0.4 is 15.8 Å². The lowest BCUT2D eigenvalue weighted by molar-refractivity contribution is -0.136. The molecule has 4 amide bonds. The van der Waals surface area contributed by atoms with E-state index in [0.717, 1.165) is 0 Å². The third kappa shape index (κ3) is 8.04. The fraction of sp³-hybridized carbons (Fsp3) is 0.556. The van der Waals surface area contributed by atoms with Gasteiger partial charge in [0.25, 0.3) is 10.0 Å². The second-order valence-corrected chi connectivity index (χ2v) is 12.0. The molecule has 0 aromatic heterocycles. The minimum atomic E-state index is -4.13. The molecule has 1 saturated heterocycles. The van der Waals surface area contributed by atoms with Gasteiger partial charge in [-0.1, -0.05) is 26.8 Å². The number of rotatable bonds is 13. The van der Waals surface area contributed by atoms with Gasteiger partial charge in [-0.15, -0.1) is 0 Å². The number of nitrogens with zero attached hydrogens (tertiary/aromatic N) is 2. The molecule has 1 aliphatic heterocycles. The summed E-state index contributed by atoms with van der Waals surface area (Å²) < 4.78 is 33.2. The Morgan fingerprint density at radius 1 is 1.20 bits per heavy atom. The van der Waals surface area contributed by atoms with E-state index in [2.05, 4.69) is 10.0 Å². The topological polar surface area (TPSA) is 168 Å². The van der Waals surface area contributed by atoms with E-state index in [1.807, 2.05) is 13.8 Å². The van der Waals surface area contributed by atoms with Gasteiger partial charge in [0.2, 0.25) is 24.1 Å². The van der Waals surface area contributed by atoms with Gasteiger partial charge in [0, 0.05) is 32.0 Å². The number of methoxy groups -OCH3 is 1. The zero-order valence-electron chi connectivity index (χ0n) is 23.9. The zero-order valence-corrected chi connectivity index (χ0v) is 24.7. The third-order valence-corrected chi connectivity index (χ3v) is 8.52. The number of sulfonamides is 1. The van der Waals surface area contributed by atoms with Gasteiger partial charge in [0.15, 0.2) is 0 Å². The molecule has 222 valence electrons. The van der Waals surface area contributed by atoms with E-state index < -0.39 is 40.0 Å². The Labute approximate surface area is 236 Å². The van der Waals surface area contributed by atoms with Crippen molar-refractivity contribution in [2.45, 2.75) is 63.6 Å². The fourth-order valence-electron chi connectivity index (χ4n) is 4.89. The maximum absolute atomic E-state index is 13.6. The van der Waals surface area contributed by atoms with Crippen LogP contribution in [0.2, 0.25) is 0 Å². The van der Waals surface area contributed by atoms with Crippen molar-refractivity contribution >= 4 is 39.8 Å². The predicted octanol–water partition coefficient (Wildman–Crippen LogP) is 0.891. The average Bonchev–Trinajstić information content (AvgIpc) is 3.38. The molecule has 4 unspecified atom stereocenters. The van der Waals surface area contributed by atoms with Crippen LogP contribution in [0.3, 0.4) is 0 Å². The maximum atomic E-state index is 13.6. The number of likely N-dealkylation sites (tertiary alicyclic amines) is 1. The monoisotopic (exact) mass is 579 g/mol. The van der Waals surface area contributed by atoms with E-state index >= 15 is 0 Å². The first kappa shape index (κ1) is 32.8. The normalized spacial score (nSPS) is 18.1. The first-order chi connectivity index (χ1) is 18.7. The smallest absolute Gasteiger partial charge is 0.264 e. The third-order valence-electron chi connectivity index (χ3n) is 7.16. The molecule has 1 heterocycles. The van der Waals surface area contributed by atoms with Crippen molar-refractivity contribution in [3.63, 3.8) is 0 Å². The van der Waals surface area contributed by atoms with Crippen LogP contribution in [0.4, 0.5) is 5.69 Å². The first-order valence-electron chi connectivity index (χ1n) is 13.1. The number of hydrogen-bond acceptors (Lipinski definition) is 8. The highest BCUT2D eigenvalue weighted by molar-refractivity contribution is 7.90. The number of benzene rings is 1.